The number of anilines is 2. The molecule has 1 amide bonds. The first kappa shape index (κ1) is 41.9. The first-order valence-corrected chi connectivity index (χ1v) is 19.0. The largest absolute Gasteiger partial charge is 0.496 e. The number of guanidine groups is 2. The molecule has 0 bridgehead atoms. The quantitative estimate of drug-likeness (QED) is 0.0867. The molecular formula is C36H49ClN10O5S2. The van der Waals surface area contributed by atoms with Gasteiger partial charge in [0.1, 0.15) is 23.0 Å². The van der Waals surface area contributed by atoms with E-state index in [2.05, 4.69) is 41.3 Å². The lowest BCUT2D eigenvalue weighted by atomic mass is 10.2. The highest BCUT2D eigenvalue weighted by molar-refractivity contribution is 7.14. The smallest absolute Gasteiger partial charge is 0.220 e. The van der Waals surface area contributed by atoms with Gasteiger partial charge >= 0.3 is 0 Å². The number of nitrogens with two attached hydrogens (primary N) is 2. The lowest BCUT2D eigenvalue weighted by Crippen LogP contribution is -2.28. The van der Waals surface area contributed by atoms with Crippen molar-refractivity contribution >= 4 is 63.2 Å². The van der Waals surface area contributed by atoms with Crippen LogP contribution in [0.4, 0.5) is 10.3 Å². The highest BCUT2D eigenvalue weighted by atomic mass is 35.5. The van der Waals surface area contributed by atoms with E-state index in [1.807, 2.05) is 46.7 Å². The van der Waals surface area contributed by atoms with Crippen molar-refractivity contribution in [1.82, 2.24) is 20.2 Å². The Morgan fingerprint density at radius 3 is 1.74 bits per heavy atom. The topological polar surface area (TPSA) is 196 Å². The number of carbonyl (C=O) groups is 1. The number of hydrogen-bond acceptors (Lipinski definition) is 12. The second kappa shape index (κ2) is 20.6. The van der Waals surface area contributed by atoms with Gasteiger partial charge in [0.15, 0.2) is 22.2 Å². The van der Waals surface area contributed by atoms with Gasteiger partial charge in [-0.1, -0.05) is 12.1 Å². The highest BCUT2D eigenvalue weighted by Crippen LogP contribution is 2.34. The summed E-state index contributed by atoms with van der Waals surface area (Å²) in [5.74, 6) is 3.48. The van der Waals surface area contributed by atoms with Crippen LogP contribution < -0.4 is 46.4 Å². The molecule has 6 rings (SSSR count). The minimum atomic E-state index is 0. The number of hydrogen-bond donors (Lipinski definition) is 5. The number of halogens is 1. The van der Waals surface area contributed by atoms with Crippen LogP contribution in [0, 0.1) is 0 Å². The van der Waals surface area contributed by atoms with Crippen molar-refractivity contribution in [3.63, 3.8) is 0 Å². The third-order valence-electron chi connectivity index (χ3n) is 8.80. The fourth-order valence-corrected chi connectivity index (χ4v) is 7.72. The molecule has 7 N–H and O–H groups in total. The number of rotatable bonds is 12. The molecule has 292 valence electrons. The van der Waals surface area contributed by atoms with Crippen molar-refractivity contribution in [3.8, 4) is 23.0 Å². The summed E-state index contributed by atoms with van der Waals surface area (Å²) < 4.78 is 21.5. The van der Waals surface area contributed by atoms with Crippen molar-refractivity contribution in [3.05, 3.63) is 69.7 Å². The number of likely N-dealkylation sites (tertiary alicyclic amines) is 1. The highest BCUT2D eigenvalue weighted by Gasteiger charge is 2.29. The van der Waals surface area contributed by atoms with Gasteiger partial charge in [0.05, 0.1) is 76.1 Å². The zero-order chi connectivity index (χ0) is 37.7. The summed E-state index contributed by atoms with van der Waals surface area (Å²) in [5.41, 5.74) is 15.7. The van der Waals surface area contributed by atoms with E-state index < -0.39 is 0 Å². The number of carbonyl (C=O) groups excluding carboxylic acids is 1. The lowest BCUT2D eigenvalue weighted by molar-refractivity contribution is -0.129. The Labute approximate surface area is 330 Å². The Balaban J connectivity index is 0.000000238. The predicted molar refractivity (Wildman–Crippen MR) is 218 cm³/mol. The van der Waals surface area contributed by atoms with Crippen LogP contribution in [0.25, 0.3) is 0 Å². The van der Waals surface area contributed by atoms with Crippen LogP contribution in [0.3, 0.4) is 0 Å². The van der Waals surface area contributed by atoms with Crippen LogP contribution >= 0.6 is 35.1 Å². The summed E-state index contributed by atoms with van der Waals surface area (Å²) >= 11 is 2.97. The van der Waals surface area contributed by atoms with Gasteiger partial charge in [0.2, 0.25) is 5.91 Å². The molecule has 0 saturated carbocycles. The van der Waals surface area contributed by atoms with Gasteiger partial charge in [-0.25, -0.2) is 20.0 Å². The molecular weight excluding hydrogens is 752 g/mol. The van der Waals surface area contributed by atoms with Gasteiger partial charge in [-0.3, -0.25) is 4.79 Å². The Morgan fingerprint density at radius 2 is 1.30 bits per heavy atom. The van der Waals surface area contributed by atoms with E-state index in [4.69, 9.17) is 30.4 Å². The summed E-state index contributed by atoms with van der Waals surface area (Å²) in [7, 11) is 6.46. The van der Waals surface area contributed by atoms with Crippen LogP contribution in [0.5, 0.6) is 23.0 Å². The molecule has 2 aromatic heterocycles. The van der Waals surface area contributed by atoms with Gasteiger partial charge in [-0.15, -0.1) is 35.1 Å². The van der Waals surface area contributed by atoms with Gasteiger partial charge in [-0.05, 0) is 56.5 Å². The molecule has 2 atom stereocenters. The van der Waals surface area contributed by atoms with Crippen molar-refractivity contribution < 1.29 is 23.7 Å². The number of methoxy groups -OCH3 is 4. The Bertz CT molecular complexity index is 1840. The number of aromatic nitrogens is 2. The minimum Gasteiger partial charge on any atom is -0.496 e. The van der Waals surface area contributed by atoms with E-state index in [-0.39, 0.29) is 30.3 Å². The molecule has 4 aromatic rings. The van der Waals surface area contributed by atoms with Crippen molar-refractivity contribution in [2.45, 2.75) is 57.8 Å². The Kier molecular flexibility index (Phi) is 16.0. The Morgan fingerprint density at radius 1 is 0.815 bits per heavy atom. The molecule has 18 heteroatoms. The molecule has 2 aliphatic rings. The summed E-state index contributed by atoms with van der Waals surface area (Å²) in [4.78, 5) is 31.6. The standard InChI is InChI=1S/C19H25N5O3S.C17H23N5O2S.ClH/c1-12(25)24-9-5-6-15(24)14-11-28-19(22-14)23-18(20)21-10-13-16(26-2)7-4-8-17(13)27-3;1-23-14-6-3-7-15(24-2)11(14)9-20-16(18)22-17-21-13(10-25-17)12-5-4-8-19-12;/h4,7-8,11,15H,5-6,9-10H2,1-3H3,(H3,20,21,22,23);3,6-7,10,12,19H,4-5,8-9H2,1-2H3,(H3,18,20,21,22);1H. The SMILES string of the molecule is COc1cccc(OC)c1CN=C(N)Nc1nc(C2CCCN2)cs1.COc1cccc(OC)c1CN=C(N)Nc1nc(C2CCCN2C(C)=O)cs1.Cl. The number of ether oxygens (including phenoxy) is 4. The molecule has 54 heavy (non-hydrogen) atoms. The number of nitrogens with zero attached hydrogens (tertiary/aromatic N) is 5. The summed E-state index contributed by atoms with van der Waals surface area (Å²) in [5, 5.41) is 14.9. The maximum absolute atomic E-state index is 11.8. The number of nitrogens with one attached hydrogen (secondary N) is 3. The first-order valence-electron chi connectivity index (χ1n) is 17.2. The average Bonchev–Trinajstić information content (AvgIpc) is 4.01. The third kappa shape index (κ3) is 10.9. The molecule has 2 fully saturated rings. The zero-order valence-electron chi connectivity index (χ0n) is 31.1. The maximum Gasteiger partial charge on any atom is 0.220 e. The molecule has 0 radical (unpaired) electrons. The first-order chi connectivity index (χ1) is 25.7. The number of aliphatic imine (C=N–C) groups is 2. The summed E-state index contributed by atoms with van der Waals surface area (Å²) in [6.07, 6.45) is 4.24. The predicted octanol–water partition coefficient (Wildman–Crippen LogP) is 5.70. The second-order valence-corrected chi connectivity index (χ2v) is 13.8. The van der Waals surface area contributed by atoms with E-state index >= 15 is 0 Å². The number of benzene rings is 2. The minimum absolute atomic E-state index is 0. The van der Waals surface area contributed by atoms with E-state index in [1.54, 1.807) is 35.4 Å². The normalized spacial score (nSPS) is 16.9. The van der Waals surface area contributed by atoms with Crippen LogP contribution in [0.15, 0.2) is 57.1 Å². The molecule has 0 spiro atoms. The van der Waals surface area contributed by atoms with Crippen LogP contribution in [-0.2, 0) is 17.9 Å². The van der Waals surface area contributed by atoms with Gasteiger partial charge in [0, 0.05) is 24.2 Å². The van der Waals surface area contributed by atoms with E-state index in [1.165, 1.54) is 29.1 Å². The molecule has 15 nitrogen and oxygen atoms in total. The van der Waals surface area contributed by atoms with Crippen LogP contribution in [0.2, 0.25) is 0 Å². The average molecular weight is 801 g/mol. The number of amides is 1. The van der Waals surface area contributed by atoms with Crippen molar-refractivity contribution in [2.24, 2.45) is 21.5 Å². The summed E-state index contributed by atoms with van der Waals surface area (Å²) in [6, 6.07) is 11.6. The maximum atomic E-state index is 11.8. The van der Waals surface area contributed by atoms with Crippen molar-refractivity contribution in [2.75, 3.05) is 52.2 Å². The molecule has 4 heterocycles. The van der Waals surface area contributed by atoms with E-state index in [0.717, 1.165) is 71.5 Å². The van der Waals surface area contributed by atoms with E-state index in [9.17, 15) is 4.79 Å². The molecule has 0 aliphatic carbocycles. The lowest BCUT2D eigenvalue weighted by Gasteiger charge is -2.21. The molecule has 2 aromatic carbocycles. The molecule has 2 saturated heterocycles. The second-order valence-electron chi connectivity index (χ2n) is 12.1. The van der Waals surface area contributed by atoms with Gasteiger partial charge in [0.25, 0.3) is 0 Å². The van der Waals surface area contributed by atoms with E-state index in [0.29, 0.717) is 41.7 Å². The fourth-order valence-electron chi connectivity index (χ4n) is 6.18. The zero-order valence-corrected chi connectivity index (χ0v) is 33.5. The Hall–Kier alpha value is -4.84. The summed E-state index contributed by atoms with van der Waals surface area (Å²) in [6.45, 7) is 4.10. The van der Waals surface area contributed by atoms with Crippen LogP contribution in [-0.4, -0.2) is 74.2 Å². The number of thiazole rings is 2. The molecule has 2 unspecified atom stereocenters. The van der Waals surface area contributed by atoms with Gasteiger partial charge < -0.3 is 51.3 Å². The monoisotopic (exact) mass is 800 g/mol. The van der Waals surface area contributed by atoms with Crippen molar-refractivity contribution in [1.29, 1.82) is 0 Å². The van der Waals surface area contributed by atoms with Gasteiger partial charge in [-0.2, -0.15) is 0 Å². The molecule has 2 aliphatic heterocycles. The fraction of sp³-hybridized carbons (Fsp3) is 0.417. The van der Waals surface area contributed by atoms with Crippen LogP contribution in [0.1, 0.15) is 67.2 Å². The third-order valence-corrected chi connectivity index (χ3v) is 10.4.